The Morgan fingerprint density at radius 1 is 1.19 bits per heavy atom. The first-order valence-corrected chi connectivity index (χ1v) is 9.83. The number of pyridine rings is 1. The maximum Gasteiger partial charge on any atom is 0.224 e. The molecule has 0 aliphatic carbocycles. The molecule has 0 bridgehead atoms. The number of hydrogen-bond acceptors (Lipinski definition) is 4. The first-order chi connectivity index (χ1) is 12.3. The molecular formula is C21H35N3O2. The highest BCUT2D eigenvalue weighted by atomic mass is 16.2. The fraction of sp³-hybridized carbons (Fsp3) is 0.667. The Morgan fingerprint density at radius 2 is 1.88 bits per heavy atom. The van der Waals surface area contributed by atoms with E-state index < -0.39 is 12.1 Å². The lowest BCUT2D eigenvalue weighted by Gasteiger charge is -2.27. The second-order valence-corrected chi connectivity index (χ2v) is 7.50. The second kappa shape index (κ2) is 11.1. The summed E-state index contributed by atoms with van der Waals surface area (Å²) in [5.41, 5.74) is 6.72. The zero-order valence-electron chi connectivity index (χ0n) is 16.9. The van der Waals surface area contributed by atoms with Crippen molar-refractivity contribution in [1.82, 2.24) is 10.3 Å². The van der Waals surface area contributed by atoms with Gasteiger partial charge in [0.05, 0.1) is 11.7 Å². The average molecular weight is 362 g/mol. The normalized spacial score (nSPS) is 16.0. The third kappa shape index (κ3) is 6.20. The van der Waals surface area contributed by atoms with Crippen LogP contribution in [0.1, 0.15) is 72.0 Å². The number of hydrogen-bond donors (Lipinski definition) is 2. The van der Waals surface area contributed by atoms with E-state index in [2.05, 4.69) is 17.2 Å². The Hall–Kier alpha value is -1.75. The van der Waals surface area contributed by atoms with Gasteiger partial charge in [0.1, 0.15) is 6.04 Å². The minimum atomic E-state index is -0.796. The standard InChI is InChI=1S/C21H35N3O2/c1-6-8-11-16(14(3)4)21(26)24-19(17-12-9-10-13-23-17)20(25)18(22)15(5)7-2/h9-10,12-16,18-19H,6-8,11,22H2,1-5H3,(H,24,26)/t15-,16?,18-,19?/m0/s1. The fourth-order valence-electron chi connectivity index (χ4n) is 3.00. The summed E-state index contributed by atoms with van der Waals surface area (Å²) in [6.07, 6.45) is 5.29. The molecule has 5 heteroatoms. The van der Waals surface area contributed by atoms with Gasteiger partial charge in [-0.25, -0.2) is 0 Å². The van der Waals surface area contributed by atoms with Gasteiger partial charge in [0.2, 0.25) is 5.91 Å². The van der Waals surface area contributed by atoms with Gasteiger partial charge in [-0.3, -0.25) is 14.6 Å². The van der Waals surface area contributed by atoms with Crippen molar-refractivity contribution in [3.8, 4) is 0 Å². The summed E-state index contributed by atoms with van der Waals surface area (Å²) in [5, 5.41) is 2.95. The van der Waals surface area contributed by atoms with Crippen LogP contribution in [-0.2, 0) is 9.59 Å². The lowest BCUT2D eigenvalue weighted by atomic mass is 9.88. The molecule has 1 rings (SSSR count). The van der Waals surface area contributed by atoms with Crippen LogP contribution >= 0.6 is 0 Å². The van der Waals surface area contributed by atoms with Crippen LogP contribution in [0.15, 0.2) is 24.4 Å². The molecule has 3 N–H and O–H groups in total. The van der Waals surface area contributed by atoms with E-state index in [9.17, 15) is 9.59 Å². The largest absolute Gasteiger partial charge is 0.341 e. The summed E-state index contributed by atoms with van der Waals surface area (Å²) in [6.45, 7) is 10.2. The highest BCUT2D eigenvalue weighted by Gasteiger charge is 2.33. The number of nitrogens with two attached hydrogens (primary N) is 1. The Labute approximate surface area is 158 Å². The van der Waals surface area contributed by atoms with E-state index in [1.54, 1.807) is 18.3 Å². The number of aromatic nitrogens is 1. The van der Waals surface area contributed by atoms with Gasteiger partial charge in [-0.1, -0.05) is 59.9 Å². The summed E-state index contributed by atoms with van der Waals surface area (Å²) in [5.74, 6) is -0.122. The van der Waals surface area contributed by atoms with Crippen LogP contribution in [0.4, 0.5) is 0 Å². The van der Waals surface area contributed by atoms with Gasteiger partial charge in [0.15, 0.2) is 5.78 Å². The first kappa shape index (κ1) is 22.3. The summed E-state index contributed by atoms with van der Waals surface area (Å²) in [6, 6.07) is 3.96. The van der Waals surface area contributed by atoms with Crippen molar-refractivity contribution < 1.29 is 9.59 Å². The van der Waals surface area contributed by atoms with Crippen LogP contribution in [0, 0.1) is 17.8 Å². The van der Waals surface area contributed by atoms with Gasteiger partial charge in [-0.05, 0) is 30.4 Å². The predicted octanol–water partition coefficient (Wildman–Crippen LogP) is 3.64. The number of nitrogens with one attached hydrogen (secondary N) is 1. The van der Waals surface area contributed by atoms with Crippen LogP contribution in [0.5, 0.6) is 0 Å². The molecule has 1 amide bonds. The molecule has 5 nitrogen and oxygen atoms in total. The van der Waals surface area contributed by atoms with Gasteiger partial charge in [0.25, 0.3) is 0 Å². The zero-order chi connectivity index (χ0) is 19.7. The summed E-state index contributed by atoms with van der Waals surface area (Å²) < 4.78 is 0. The maximum atomic E-state index is 13.0. The molecule has 4 atom stereocenters. The van der Waals surface area contributed by atoms with E-state index in [1.807, 2.05) is 33.8 Å². The summed E-state index contributed by atoms with van der Waals surface area (Å²) in [7, 11) is 0. The third-order valence-electron chi connectivity index (χ3n) is 5.15. The predicted molar refractivity (Wildman–Crippen MR) is 105 cm³/mol. The molecular weight excluding hydrogens is 326 g/mol. The monoisotopic (exact) mass is 361 g/mol. The molecule has 0 fully saturated rings. The average Bonchev–Trinajstić information content (AvgIpc) is 2.65. The third-order valence-corrected chi connectivity index (χ3v) is 5.15. The molecule has 26 heavy (non-hydrogen) atoms. The molecule has 0 aromatic carbocycles. The van der Waals surface area contributed by atoms with E-state index >= 15 is 0 Å². The molecule has 146 valence electrons. The van der Waals surface area contributed by atoms with Gasteiger partial charge < -0.3 is 11.1 Å². The molecule has 0 aliphatic rings. The Morgan fingerprint density at radius 3 is 2.38 bits per heavy atom. The van der Waals surface area contributed by atoms with E-state index in [4.69, 9.17) is 5.73 Å². The molecule has 2 unspecified atom stereocenters. The van der Waals surface area contributed by atoms with Gasteiger partial charge >= 0.3 is 0 Å². The number of unbranched alkanes of at least 4 members (excludes halogenated alkanes) is 1. The van der Waals surface area contributed by atoms with E-state index in [1.165, 1.54) is 0 Å². The number of rotatable bonds is 11. The SMILES string of the molecule is CCCCC(C(=O)NC(C(=O)[C@@H](N)[C@@H](C)CC)c1ccccn1)C(C)C. The van der Waals surface area contributed by atoms with E-state index in [-0.39, 0.29) is 29.4 Å². The van der Waals surface area contributed by atoms with Crippen molar-refractivity contribution in [3.05, 3.63) is 30.1 Å². The minimum absolute atomic E-state index is 0.0478. The van der Waals surface area contributed by atoms with Crippen LogP contribution in [0.3, 0.4) is 0 Å². The molecule has 0 spiro atoms. The first-order valence-electron chi connectivity index (χ1n) is 9.83. The number of carbonyl (C=O) groups excluding carboxylic acids is 2. The van der Waals surface area contributed by atoms with Crippen LogP contribution in [0.25, 0.3) is 0 Å². The lowest BCUT2D eigenvalue weighted by molar-refractivity contribution is -0.132. The number of amides is 1. The summed E-state index contributed by atoms with van der Waals surface area (Å²) in [4.78, 5) is 30.2. The summed E-state index contributed by atoms with van der Waals surface area (Å²) >= 11 is 0. The Bertz CT molecular complexity index is 560. The van der Waals surface area contributed by atoms with Crippen LogP contribution in [-0.4, -0.2) is 22.7 Å². The van der Waals surface area contributed by atoms with Crippen molar-refractivity contribution >= 4 is 11.7 Å². The Kier molecular flexibility index (Phi) is 9.49. The number of ketones is 1. The van der Waals surface area contributed by atoms with E-state index in [0.29, 0.717) is 5.69 Å². The minimum Gasteiger partial charge on any atom is -0.341 e. The number of Topliss-reactive ketones (excluding diaryl/α,β-unsaturated/α-hetero) is 1. The van der Waals surface area contributed by atoms with Crippen molar-refractivity contribution in [2.45, 2.75) is 72.4 Å². The molecule has 0 saturated carbocycles. The maximum absolute atomic E-state index is 13.0. The second-order valence-electron chi connectivity index (χ2n) is 7.50. The highest BCUT2D eigenvalue weighted by Crippen LogP contribution is 2.22. The van der Waals surface area contributed by atoms with Gasteiger partial charge in [-0.2, -0.15) is 0 Å². The van der Waals surface area contributed by atoms with E-state index in [0.717, 1.165) is 25.7 Å². The zero-order valence-corrected chi connectivity index (χ0v) is 16.9. The van der Waals surface area contributed by atoms with Crippen LogP contribution in [0.2, 0.25) is 0 Å². The van der Waals surface area contributed by atoms with Gasteiger partial charge in [0, 0.05) is 12.1 Å². The Balaban J connectivity index is 3.05. The molecule has 1 aromatic heterocycles. The van der Waals surface area contributed by atoms with Crippen molar-refractivity contribution in [1.29, 1.82) is 0 Å². The molecule has 1 heterocycles. The van der Waals surface area contributed by atoms with Crippen molar-refractivity contribution in [2.75, 3.05) is 0 Å². The van der Waals surface area contributed by atoms with Crippen molar-refractivity contribution in [3.63, 3.8) is 0 Å². The fourth-order valence-corrected chi connectivity index (χ4v) is 3.00. The van der Waals surface area contributed by atoms with Crippen molar-refractivity contribution in [2.24, 2.45) is 23.5 Å². The van der Waals surface area contributed by atoms with Crippen LogP contribution < -0.4 is 11.1 Å². The molecule has 0 saturated heterocycles. The quantitative estimate of drug-likeness (QED) is 0.630. The number of nitrogens with zero attached hydrogens (tertiary/aromatic N) is 1. The topological polar surface area (TPSA) is 85.1 Å². The molecule has 0 aliphatic heterocycles. The number of carbonyl (C=O) groups is 2. The highest BCUT2D eigenvalue weighted by molar-refractivity contribution is 5.93. The molecule has 1 aromatic rings. The lowest BCUT2D eigenvalue weighted by Crippen LogP contribution is -2.47. The molecule has 0 radical (unpaired) electrons. The van der Waals surface area contributed by atoms with Gasteiger partial charge in [-0.15, -0.1) is 0 Å². The smallest absolute Gasteiger partial charge is 0.224 e.